The van der Waals surface area contributed by atoms with Crippen LogP contribution in [0.1, 0.15) is 74.7 Å². The molecule has 3 rings (SSSR count). The molecule has 110 valence electrons. The summed E-state index contributed by atoms with van der Waals surface area (Å²) in [5.41, 5.74) is 5.46. The summed E-state index contributed by atoms with van der Waals surface area (Å²) in [6, 6.07) is 2.96. The molecular weight excluding hydrogens is 244 g/mol. The molecule has 0 amide bonds. The normalized spacial score (nSPS) is 20.9. The monoisotopic (exact) mass is 272 g/mol. The van der Waals surface area contributed by atoms with Crippen molar-refractivity contribution < 1.29 is 0 Å². The van der Waals surface area contributed by atoms with Crippen LogP contribution in [0.4, 0.5) is 5.69 Å². The van der Waals surface area contributed by atoms with Crippen molar-refractivity contribution in [1.29, 1.82) is 0 Å². The van der Waals surface area contributed by atoms with Crippen LogP contribution in [0.3, 0.4) is 0 Å². The third-order valence-corrected chi connectivity index (χ3v) is 4.89. The molecule has 2 nitrogen and oxygen atoms in total. The van der Waals surface area contributed by atoms with Gasteiger partial charge in [0, 0.05) is 23.1 Å². The van der Waals surface area contributed by atoms with Crippen LogP contribution in [-0.4, -0.2) is 11.0 Å². The highest BCUT2D eigenvalue weighted by Crippen LogP contribution is 2.29. The number of aromatic nitrogens is 1. The fourth-order valence-electron chi connectivity index (χ4n) is 3.79. The van der Waals surface area contributed by atoms with Gasteiger partial charge in [0.05, 0.1) is 0 Å². The van der Waals surface area contributed by atoms with E-state index in [2.05, 4.69) is 18.3 Å². The number of anilines is 1. The maximum absolute atomic E-state index is 4.76. The SMILES string of the molecule is Cc1cc(NC2CCCCCCC2)c2c(n1)CCCC2. The quantitative estimate of drug-likeness (QED) is 0.837. The van der Waals surface area contributed by atoms with Crippen molar-refractivity contribution in [3.8, 4) is 0 Å². The Morgan fingerprint density at radius 1 is 0.950 bits per heavy atom. The first-order valence-corrected chi connectivity index (χ1v) is 8.59. The Morgan fingerprint density at radius 2 is 1.65 bits per heavy atom. The van der Waals surface area contributed by atoms with Crippen LogP contribution >= 0.6 is 0 Å². The lowest BCUT2D eigenvalue weighted by Crippen LogP contribution is -2.22. The topological polar surface area (TPSA) is 24.9 Å². The smallest absolute Gasteiger partial charge is 0.0459 e. The van der Waals surface area contributed by atoms with Crippen molar-refractivity contribution in [1.82, 2.24) is 4.98 Å². The Morgan fingerprint density at radius 3 is 2.45 bits per heavy atom. The van der Waals surface area contributed by atoms with E-state index in [0.717, 1.165) is 0 Å². The molecule has 2 aliphatic carbocycles. The molecule has 0 bridgehead atoms. The summed E-state index contributed by atoms with van der Waals surface area (Å²) in [6.45, 7) is 2.14. The summed E-state index contributed by atoms with van der Waals surface area (Å²) < 4.78 is 0. The van der Waals surface area contributed by atoms with Crippen molar-refractivity contribution in [2.24, 2.45) is 0 Å². The first-order valence-electron chi connectivity index (χ1n) is 8.59. The van der Waals surface area contributed by atoms with Gasteiger partial charge in [-0.15, -0.1) is 0 Å². The third-order valence-electron chi connectivity index (χ3n) is 4.89. The summed E-state index contributed by atoms with van der Waals surface area (Å²) >= 11 is 0. The molecule has 0 spiro atoms. The maximum Gasteiger partial charge on any atom is 0.0459 e. The van der Waals surface area contributed by atoms with Crippen molar-refractivity contribution in [2.45, 2.75) is 83.6 Å². The van der Waals surface area contributed by atoms with Crippen LogP contribution in [0.2, 0.25) is 0 Å². The number of nitrogens with one attached hydrogen (secondary N) is 1. The van der Waals surface area contributed by atoms with E-state index in [9.17, 15) is 0 Å². The largest absolute Gasteiger partial charge is 0.382 e. The summed E-state index contributed by atoms with van der Waals surface area (Å²) in [7, 11) is 0. The average Bonchev–Trinajstić information content (AvgIpc) is 2.41. The molecule has 0 aromatic carbocycles. The van der Waals surface area contributed by atoms with Gasteiger partial charge in [0.15, 0.2) is 0 Å². The molecule has 0 atom stereocenters. The van der Waals surface area contributed by atoms with E-state index in [1.807, 2.05) is 0 Å². The number of pyridine rings is 1. The molecule has 2 aliphatic rings. The van der Waals surface area contributed by atoms with E-state index in [-0.39, 0.29) is 0 Å². The zero-order valence-corrected chi connectivity index (χ0v) is 12.9. The van der Waals surface area contributed by atoms with Gasteiger partial charge in [0.2, 0.25) is 0 Å². The third kappa shape index (κ3) is 3.34. The molecule has 1 N–H and O–H groups in total. The molecular formula is C18H28N2. The van der Waals surface area contributed by atoms with Gasteiger partial charge in [-0.3, -0.25) is 4.98 Å². The minimum atomic E-state index is 0.683. The van der Waals surface area contributed by atoms with E-state index in [4.69, 9.17) is 4.98 Å². The van der Waals surface area contributed by atoms with Crippen molar-refractivity contribution in [2.75, 3.05) is 5.32 Å². The van der Waals surface area contributed by atoms with Crippen molar-refractivity contribution >= 4 is 5.69 Å². The van der Waals surface area contributed by atoms with E-state index in [1.54, 1.807) is 0 Å². The second-order valence-electron chi connectivity index (χ2n) is 6.63. The highest BCUT2D eigenvalue weighted by atomic mass is 14.9. The fraction of sp³-hybridized carbons (Fsp3) is 0.722. The highest BCUT2D eigenvalue weighted by molar-refractivity contribution is 5.55. The van der Waals surface area contributed by atoms with Crippen molar-refractivity contribution in [3.63, 3.8) is 0 Å². The van der Waals surface area contributed by atoms with E-state index < -0.39 is 0 Å². The second-order valence-corrected chi connectivity index (χ2v) is 6.63. The Labute approximate surface area is 123 Å². The van der Waals surface area contributed by atoms with Crippen LogP contribution in [0, 0.1) is 6.92 Å². The second kappa shape index (κ2) is 6.60. The van der Waals surface area contributed by atoms with Gasteiger partial charge in [-0.05, 0) is 57.1 Å². The lowest BCUT2D eigenvalue weighted by Gasteiger charge is -2.26. The Hall–Kier alpha value is -1.05. The fourth-order valence-corrected chi connectivity index (χ4v) is 3.79. The molecule has 1 saturated carbocycles. The van der Waals surface area contributed by atoms with Crippen LogP contribution < -0.4 is 5.32 Å². The molecule has 20 heavy (non-hydrogen) atoms. The number of rotatable bonds is 2. The molecule has 1 fully saturated rings. The summed E-state index contributed by atoms with van der Waals surface area (Å²) in [5, 5.41) is 3.88. The lowest BCUT2D eigenvalue weighted by molar-refractivity contribution is 0.471. The minimum Gasteiger partial charge on any atom is -0.382 e. The summed E-state index contributed by atoms with van der Waals surface area (Å²) in [6.07, 6.45) is 14.8. The molecule has 0 radical (unpaired) electrons. The van der Waals surface area contributed by atoms with Crippen LogP contribution in [0.25, 0.3) is 0 Å². The predicted molar refractivity (Wildman–Crippen MR) is 85.3 cm³/mol. The molecule has 1 aromatic heterocycles. The van der Waals surface area contributed by atoms with E-state index in [0.29, 0.717) is 6.04 Å². The minimum absolute atomic E-state index is 0.683. The van der Waals surface area contributed by atoms with Gasteiger partial charge < -0.3 is 5.32 Å². The van der Waals surface area contributed by atoms with Gasteiger partial charge in [-0.2, -0.15) is 0 Å². The molecule has 0 unspecified atom stereocenters. The molecule has 2 heteroatoms. The maximum atomic E-state index is 4.76. The van der Waals surface area contributed by atoms with Crippen LogP contribution in [0.15, 0.2) is 6.07 Å². The predicted octanol–water partition coefficient (Wildman–Crippen LogP) is 4.79. The molecule has 0 saturated heterocycles. The molecule has 0 aliphatic heterocycles. The highest BCUT2D eigenvalue weighted by Gasteiger charge is 2.18. The number of fused-ring (bicyclic) bond motifs is 1. The zero-order chi connectivity index (χ0) is 13.8. The van der Waals surface area contributed by atoms with Crippen LogP contribution in [0.5, 0.6) is 0 Å². The van der Waals surface area contributed by atoms with Gasteiger partial charge in [-0.25, -0.2) is 0 Å². The Kier molecular flexibility index (Phi) is 4.59. The first kappa shape index (κ1) is 13.9. The number of hydrogen-bond acceptors (Lipinski definition) is 2. The summed E-state index contributed by atoms with van der Waals surface area (Å²) in [5.74, 6) is 0. The van der Waals surface area contributed by atoms with Gasteiger partial charge in [0.1, 0.15) is 0 Å². The van der Waals surface area contributed by atoms with Crippen LogP contribution in [-0.2, 0) is 12.8 Å². The standard InChI is InChI=1S/C18H28N2/c1-14-13-18(16-11-7-8-12-17(16)19-14)20-15-9-5-3-2-4-6-10-15/h13,15H,2-12H2,1H3,(H,19,20). The van der Waals surface area contributed by atoms with Gasteiger partial charge in [-0.1, -0.05) is 32.1 Å². The lowest BCUT2D eigenvalue weighted by atomic mass is 9.92. The molecule has 1 aromatic rings. The van der Waals surface area contributed by atoms with Gasteiger partial charge in [0.25, 0.3) is 0 Å². The zero-order valence-electron chi connectivity index (χ0n) is 12.9. The Balaban J connectivity index is 1.76. The first-order chi connectivity index (χ1) is 9.83. The van der Waals surface area contributed by atoms with Crippen molar-refractivity contribution in [3.05, 3.63) is 23.0 Å². The van der Waals surface area contributed by atoms with Gasteiger partial charge >= 0.3 is 0 Å². The Bertz CT molecular complexity index is 445. The molecule has 1 heterocycles. The van der Waals surface area contributed by atoms with E-state index >= 15 is 0 Å². The summed E-state index contributed by atoms with van der Waals surface area (Å²) in [4.78, 5) is 4.76. The number of hydrogen-bond donors (Lipinski definition) is 1. The average molecular weight is 272 g/mol. The number of aryl methyl sites for hydroxylation is 2. The van der Waals surface area contributed by atoms with E-state index in [1.165, 1.54) is 93.3 Å². The number of nitrogens with zero attached hydrogens (tertiary/aromatic N) is 1.